The average Bonchev–Trinajstić information content (AvgIpc) is 3.10. The number of nitrogens with zero attached hydrogens (tertiary/aromatic N) is 4. The second-order valence-electron chi connectivity index (χ2n) is 8.90. The van der Waals surface area contributed by atoms with Crippen LogP contribution < -0.4 is 20.7 Å². The second-order valence-corrected chi connectivity index (χ2v) is 8.90. The van der Waals surface area contributed by atoms with Crippen molar-refractivity contribution in [1.82, 2.24) is 20.3 Å². The fraction of sp³-hybridized carbons (Fsp3) is 0.409. The number of aromatic nitrogens is 3. The molecule has 6 rings (SSSR count). The van der Waals surface area contributed by atoms with E-state index in [1.165, 1.54) is 6.33 Å². The molecule has 34 heavy (non-hydrogen) atoms. The molecule has 0 saturated carbocycles. The number of benzene rings is 1. The first-order valence-electron chi connectivity index (χ1n) is 10.8. The lowest BCUT2D eigenvalue weighted by Crippen LogP contribution is -2.60. The summed E-state index contributed by atoms with van der Waals surface area (Å²) in [5.41, 5.74) is 1.43. The van der Waals surface area contributed by atoms with Crippen LogP contribution in [0, 0.1) is 18.6 Å². The maximum Gasteiger partial charge on any atom is 0.417 e. The molecule has 2 bridgehead atoms. The quantitative estimate of drug-likeness (QED) is 0.408. The molecule has 12 heteroatoms. The Morgan fingerprint density at radius 3 is 2.74 bits per heavy atom. The Labute approximate surface area is 190 Å². The lowest BCUT2D eigenvalue weighted by Gasteiger charge is -2.40. The summed E-state index contributed by atoms with van der Waals surface area (Å²) in [4.78, 5) is 14.6. The largest absolute Gasteiger partial charge is 0.475 e. The lowest BCUT2D eigenvalue weighted by molar-refractivity contribution is -0.137. The van der Waals surface area contributed by atoms with Gasteiger partial charge in [-0.3, -0.25) is 0 Å². The number of ether oxygens (including phenoxy) is 1. The van der Waals surface area contributed by atoms with Gasteiger partial charge in [-0.25, -0.2) is 23.7 Å². The topological polar surface area (TPSA) is 89.2 Å². The molecule has 1 aromatic carbocycles. The van der Waals surface area contributed by atoms with Gasteiger partial charge >= 0.3 is 6.18 Å². The molecule has 3 atom stereocenters. The van der Waals surface area contributed by atoms with Gasteiger partial charge in [0.2, 0.25) is 5.88 Å². The molecule has 2 fully saturated rings. The molecule has 0 amide bonds. The number of pyridine rings is 1. The van der Waals surface area contributed by atoms with Crippen LogP contribution in [0.2, 0.25) is 0 Å². The highest BCUT2D eigenvalue weighted by molar-refractivity contribution is 5.97. The van der Waals surface area contributed by atoms with Gasteiger partial charge in [-0.2, -0.15) is 13.2 Å². The first-order chi connectivity index (χ1) is 16.1. The van der Waals surface area contributed by atoms with Crippen LogP contribution in [0.3, 0.4) is 0 Å². The minimum Gasteiger partial charge on any atom is -0.475 e. The molecule has 3 N–H and O–H groups in total. The van der Waals surface area contributed by atoms with Crippen molar-refractivity contribution in [2.75, 3.05) is 23.8 Å². The fourth-order valence-corrected chi connectivity index (χ4v) is 5.43. The summed E-state index contributed by atoms with van der Waals surface area (Å²) in [6, 6.07) is 1.04. The van der Waals surface area contributed by atoms with Gasteiger partial charge in [-0.15, -0.1) is 0 Å². The molecule has 0 unspecified atom stereocenters. The van der Waals surface area contributed by atoms with Crippen LogP contribution in [0.5, 0.6) is 5.88 Å². The number of hydrogen-bond donors (Lipinski definition) is 2. The molecule has 2 saturated heterocycles. The summed E-state index contributed by atoms with van der Waals surface area (Å²) in [5, 5.41) is 3.73. The molecule has 7 nitrogen and oxygen atoms in total. The van der Waals surface area contributed by atoms with Crippen LogP contribution in [-0.4, -0.2) is 46.2 Å². The van der Waals surface area contributed by atoms with Crippen molar-refractivity contribution >= 4 is 22.4 Å². The summed E-state index contributed by atoms with van der Waals surface area (Å²) < 4.78 is 77.8. The van der Waals surface area contributed by atoms with E-state index in [-0.39, 0.29) is 41.5 Å². The highest BCUT2D eigenvalue weighted by atomic mass is 19.4. The van der Waals surface area contributed by atoms with Gasteiger partial charge in [0.25, 0.3) is 0 Å². The summed E-state index contributed by atoms with van der Waals surface area (Å²) in [6.07, 6.45) is -1.87. The first-order valence-corrected chi connectivity index (χ1v) is 10.8. The predicted molar refractivity (Wildman–Crippen MR) is 113 cm³/mol. The number of nitrogens with one attached hydrogen (secondary N) is 1. The highest BCUT2D eigenvalue weighted by Gasteiger charge is 2.44. The monoisotopic (exact) mass is 478 g/mol. The first kappa shape index (κ1) is 21.3. The Kier molecular flexibility index (Phi) is 4.45. The zero-order valence-corrected chi connectivity index (χ0v) is 17.9. The SMILES string of the molecule is Cc1c(F)c(N)cc(-c2nc3c4c(ncnc4c2F)N2C[C@H]4CC[C@H](N4)[C@H]2CO3)c1C(F)(F)F. The number of rotatable bonds is 1. The Bertz CT molecular complexity index is 1350. The molecular formula is C22H19F5N6O. The third-order valence-electron chi connectivity index (χ3n) is 6.96. The Morgan fingerprint density at radius 2 is 1.97 bits per heavy atom. The smallest absolute Gasteiger partial charge is 0.417 e. The normalized spacial score (nSPS) is 23.6. The van der Waals surface area contributed by atoms with Crippen LogP contribution >= 0.6 is 0 Å². The van der Waals surface area contributed by atoms with Gasteiger partial charge in [0.1, 0.15) is 41.2 Å². The van der Waals surface area contributed by atoms with Gasteiger partial charge in [-0.1, -0.05) is 0 Å². The summed E-state index contributed by atoms with van der Waals surface area (Å²) in [7, 11) is 0. The number of nitrogens with two attached hydrogens (primary N) is 1. The van der Waals surface area contributed by atoms with Crippen molar-refractivity contribution in [3.63, 3.8) is 0 Å². The van der Waals surface area contributed by atoms with Gasteiger partial charge < -0.3 is 20.7 Å². The van der Waals surface area contributed by atoms with E-state index in [4.69, 9.17) is 10.5 Å². The molecule has 0 aliphatic carbocycles. The van der Waals surface area contributed by atoms with Crippen LogP contribution in [0.1, 0.15) is 24.0 Å². The number of piperazine rings is 1. The maximum atomic E-state index is 15.8. The number of fused-ring (bicyclic) bond motifs is 5. The van der Waals surface area contributed by atoms with Gasteiger partial charge in [0.05, 0.1) is 17.3 Å². The van der Waals surface area contributed by atoms with E-state index >= 15 is 4.39 Å². The highest BCUT2D eigenvalue weighted by Crippen LogP contribution is 2.45. The van der Waals surface area contributed by atoms with E-state index in [1.54, 1.807) is 0 Å². The zero-order chi connectivity index (χ0) is 23.9. The van der Waals surface area contributed by atoms with Gasteiger partial charge in [0, 0.05) is 24.2 Å². The number of halogens is 5. The van der Waals surface area contributed by atoms with Crippen molar-refractivity contribution in [1.29, 1.82) is 0 Å². The molecular weight excluding hydrogens is 459 g/mol. The molecule has 3 aliphatic rings. The van der Waals surface area contributed by atoms with Crippen molar-refractivity contribution in [2.45, 2.75) is 44.1 Å². The standard InChI is InChI=1S/C22H19F5N6O/c1-8-15(22(25,26)27)10(4-11(28)16(8)23)18-17(24)19-14-20(30-7-29-19)33-5-9-2-3-12(31-9)13(33)6-34-21(14)32-18/h4,7,9,12-13,31H,2-3,5-6,28H2,1H3/t9-,12+,13-/m1/s1. The minimum atomic E-state index is -4.98. The molecule has 3 aliphatic heterocycles. The van der Waals surface area contributed by atoms with E-state index in [0.29, 0.717) is 12.4 Å². The Morgan fingerprint density at radius 1 is 1.18 bits per heavy atom. The maximum absolute atomic E-state index is 15.8. The van der Waals surface area contributed by atoms with Gasteiger partial charge in [-0.05, 0) is 31.4 Å². The Hall–Kier alpha value is -3.28. The number of alkyl halides is 3. The third kappa shape index (κ3) is 2.93. The number of nitrogen functional groups attached to an aromatic ring is 1. The molecule has 178 valence electrons. The predicted octanol–water partition coefficient (Wildman–Crippen LogP) is 3.58. The van der Waals surface area contributed by atoms with Crippen molar-refractivity contribution < 1.29 is 26.7 Å². The van der Waals surface area contributed by atoms with E-state index in [1.807, 2.05) is 4.90 Å². The van der Waals surface area contributed by atoms with E-state index in [0.717, 1.165) is 25.8 Å². The summed E-state index contributed by atoms with van der Waals surface area (Å²) >= 11 is 0. The lowest BCUT2D eigenvalue weighted by atomic mass is 9.96. The molecule has 0 spiro atoms. The van der Waals surface area contributed by atoms with Gasteiger partial charge in [0.15, 0.2) is 5.82 Å². The van der Waals surface area contributed by atoms with E-state index in [9.17, 15) is 17.6 Å². The van der Waals surface area contributed by atoms with Crippen molar-refractivity contribution in [3.05, 3.63) is 35.2 Å². The third-order valence-corrected chi connectivity index (χ3v) is 6.96. The number of anilines is 2. The van der Waals surface area contributed by atoms with Crippen molar-refractivity contribution in [3.8, 4) is 17.1 Å². The Balaban J connectivity index is 1.61. The average molecular weight is 478 g/mol. The van der Waals surface area contributed by atoms with Crippen molar-refractivity contribution in [2.24, 2.45) is 0 Å². The zero-order valence-electron chi connectivity index (χ0n) is 17.9. The van der Waals surface area contributed by atoms with E-state index in [2.05, 4.69) is 20.3 Å². The van der Waals surface area contributed by atoms with Crippen LogP contribution in [0.15, 0.2) is 12.4 Å². The molecule has 0 radical (unpaired) electrons. The second kappa shape index (κ2) is 7.11. The van der Waals surface area contributed by atoms with Crippen LogP contribution in [-0.2, 0) is 6.18 Å². The fourth-order valence-electron chi connectivity index (χ4n) is 5.43. The molecule has 3 aromatic rings. The summed E-state index contributed by atoms with van der Waals surface area (Å²) in [6.45, 7) is 1.76. The van der Waals surface area contributed by atoms with Crippen LogP contribution in [0.25, 0.3) is 22.2 Å². The summed E-state index contributed by atoms with van der Waals surface area (Å²) in [5.74, 6) is -1.93. The molecule has 2 aromatic heterocycles. The van der Waals surface area contributed by atoms with Crippen LogP contribution in [0.4, 0.5) is 33.5 Å². The minimum absolute atomic E-state index is 0.0686. The van der Waals surface area contributed by atoms with E-state index < -0.39 is 45.9 Å². The molecule has 5 heterocycles. The number of hydrogen-bond acceptors (Lipinski definition) is 7.